The monoisotopic (exact) mass is 410 g/mol. The fourth-order valence-electron chi connectivity index (χ4n) is 2.07. The summed E-state index contributed by atoms with van der Waals surface area (Å²) in [6, 6.07) is 10.9. The molecule has 2 rings (SSSR count). The SMILES string of the molecule is Cc1ccc(S(=O)(=O)NC(=O)Cc2ccc(Br)cc2)cc1C(N)=O. The van der Waals surface area contributed by atoms with Crippen molar-refractivity contribution in [3.63, 3.8) is 0 Å². The first kappa shape index (κ1) is 18.2. The van der Waals surface area contributed by atoms with Gasteiger partial charge in [-0.1, -0.05) is 34.1 Å². The first-order valence-electron chi connectivity index (χ1n) is 6.89. The number of primary amides is 1. The predicted octanol–water partition coefficient (Wildman–Crippen LogP) is 1.90. The summed E-state index contributed by atoms with van der Waals surface area (Å²) in [5.74, 6) is -1.40. The molecule has 2 aromatic carbocycles. The molecule has 0 aliphatic heterocycles. The average molecular weight is 411 g/mol. The van der Waals surface area contributed by atoms with Crippen LogP contribution in [0.3, 0.4) is 0 Å². The van der Waals surface area contributed by atoms with E-state index in [-0.39, 0.29) is 16.9 Å². The number of hydrogen-bond acceptors (Lipinski definition) is 4. The smallest absolute Gasteiger partial charge is 0.264 e. The Bertz CT molecular complexity index is 893. The quantitative estimate of drug-likeness (QED) is 0.784. The molecule has 2 amide bonds. The van der Waals surface area contributed by atoms with Gasteiger partial charge in [0.1, 0.15) is 0 Å². The normalized spacial score (nSPS) is 11.1. The van der Waals surface area contributed by atoms with Crippen LogP contribution < -0.4 is 10.5 Å². The van der Waals surface area contributed by atoms with E-state index >= 15 is 0 Å². The summed E-state index contributed by atoms with van der Waals surface area (Å²) in [5.41, 5.74) is 6.54. The molecular formula is C16H15BrN2O4S. The van der Waals surface area contributed by atoms with Gasteiger partial charge < -0.3 is 5.73 Å². The number of nitrogens with two attached hydrogens (primary N) is 1. The van der Waals surface area contributed by atoms with Crippen LogP contribution in [0.5, 0.6) is 0 Å². The molecule has 0 spiro atoms. The number of aryl methyl sites for hydroxylation is 1. The van der Waals surface area contributed by atoms with Crippen molar-refractivity contribution in [2.45, 2.75) is 18.2 Å². The van der Waals surface area contributed by atoms with Crippen molar-refractivity contribution < 1.29 is 18.0 Å². The third kappa shape index (κ3) is 4.42. The Hall–Kier alpha value is -2.19. The maximum Gasteiger partial charge on any atom is 0.264 e. The van der Waals surface area contributed by atoms with E-state index in [1.807, 2.05) is 4.72 Å². The summed E-state index contributed by atoms with van der Waals surface area (Å²) in [6.07, 6.45) is -0.0823. The van der Waals surface area contributed by atoms with Crippen LogP contribution in [0.4, 0.5) is 0 Å². The summed E-state index contributed by atoms with van der Waals surface area (Å²) < 4.78 is 27.4. The largest absolute Gasteiger partial charge is 0.366 e. The zero-order chi connectivity index (χ0) is 17.9. The molecule has 0 atom stereocenters. The van der Waals surface area contributed by atoms with Gasteiger partial charge >= 0.3 is 0 Å². The molecule has 126 valence electrons. The van der Waals surface area contributed by atoms with Gasteiger partial charge in [-0.3, -0.25) is 9.59 Å². The Morgan fingerprint density at radius 3 is 2.33 bits per heavy atom. The molecule has 0 aromatic heterocycles. The van der Waals surface area contributed by atoms with Crippen LogP contribution in [0, 0.1) is 6.92 Å². The number of halogens is 1. The first-order valence-corrected chi connectivity index (χ1v) is 9.17. The minimum Gasteiger partial charge on any atom is -0.366 e. The molecule has 0 radical (unpaired) electrons. The average Bonchev–Trinajstić information content (AvgIpc) is 2.49. The number of amides is 2. The van der Waals surface area contributed by atoms with E-state index in [2.05, 4.69) is 15.9 Å². The van der Waals surface area contributed by atoms with Crippen molar-refractivity contribution in [3.8, 4) is 0 Å². The van der Waals surface area contributed by atoms with Crippen molar-refractivity contribution >= 4 is 37.8 Å². The van der Waals surface area contributed by atoms with Gasteiger partial charge in [0.05, 0.1) is 11.3 Å². The Labute approximate surface area is 148 Å². The minimum absolute atomic E-state index is 0.0823. The maximum absolute atomic E-state index is 12.3. The van der Waals surface area contributed by atoms with Gasteiger partial charge in [0.2, 0.25) is 11.8 Å². The molecule has 0 aliphatic carbocycles. The van der Waals surface area contributed by atoms with E-state index in [1.165, 1.54) is 12.1 Å². The van der Waals surface area contributed by atoms with Gasteiger partial charge in [0.25, 0.3) is 10.0 Å². The number of hydrogen-bond donors (Lipinski definition) is 2. The van der Waals surface area contributed by atoms with Gasteiger partial charge in [0, 0.05) is 10.0 Å². The van der Waals surface area contributed by atoms with E-state index in [9.17, 15) is 18.0 Å². The number of sulfonamides is 1. The standard InChI is InChI=1S/C16H15BrN2O4S/c1-10-2-7-13(9-14(10)16(18)21)24(22,23)19-15(20)8-11-3-5-12(17)6-4-11/h2-7,9H,8H2,1H3,(H2,18,21)(H,19,20). The first-order chi connectivity index (χ1) is 11.2. The van der Waals surface area contributed by atoms with Gasteiger partial charge in [0.15, 0.2) is 0 Å². The highest BCUT2D eigenvalue weighted by Gasteiger charge is 2.20. The lowest BCUT2D eigenvalue weighted by molar-refractivity contribution is -0.118. The molecule has 0 aliphatic rings. The zero-order valence-electron chi connectivity index (χ0n) is 12.7. The molecule has 6 nitrogen and oxygen atoms in total. The number of nitrogens with one attached hydrogen (secondary N) is 1. The van der Waals surface area contributed by atoms with Gasteiger partial charge in [-0.15, -0.1) is 0 Å². The van der Waals surface area contributed by atoms with Crippen molar-refractivity contribution in [1.82, 2.24) is 4.72 Å². The van der Waals surface area contributed by atoms with Crippen molar-refractivity contribution in [3.05, 3.63) is 63.6 Å². The lowest BCUT2D eigenvalue weighted by atomic mass is 10.1. The molecular weight excluding hydrogens is 396 g/mol. The second-order valence-corrected chi connectivity index (χ2v) is 7.77. The lowest BCUT2D eigenvalue weighted by Crippen LogP contribution is -2.32. The molecule has 0 bridgehead atoms. The predicted molar refractivity (Wildman–Crippen MR) is 92.9 cm³/mol. The van der Waals surface area contributed by atoms with E-state index in [0.29, 0.717) is 11.1 Å². The Morgan fingerprint density at radius 1 is 1.12 bits per heavy atom. The van der Waals surface area contributed by atoms with E-state index in [4.69, 9.17) is 5.73 Å². The topological polar surface area (TPSA) is 106 Å². The van der Waals surface area contributed by atoms with Crippen LogP contribution in [0.25, 0.3) is 0 Å². The van der Waals surface area contributed by atoms with Crippen LogP contribution in [0.2, 0.25) is 0 Å². The molecule has 0 saturated carbocycles. The third-order valence-corrected chi connectivity index (χ3v) is 5.21. The number of rotatable bonds is 5. The molecule has 2 aromatic rings. The minimum atomic E-state index is -4.08. The molecule has 8 heteroatoms. The van der Waals surface area contributed by atoms with Crippen LogP contribution in [-0.4, -0.2) is 20.2 Å². The number of carbonyl (C=O) groups excluding carboxylic acids is 2. The third-order valence-electron chi connectivity index (χ3n) is 3.31. The molecule has 0 saturated heterocycles. The summed E-state index contributed by atoms with van der Waals surface area (Å²) in [7, 11) is -4.08. The fraction of sp³-hybridized carbons (Fsp3) is 0.125. The van der Waals surface area contributed by atoms with Gasteiger partial charge in [-0.2, -0.15) is 0 Å². The van der Waals surface area contributed by atoms with E-state index in [0.717, 1.165) is 10.5 Å². The lowest BCUT2D eigenvalue weighted by Gasteiger charge is -2.09. The highest BCUT2D eigenvalue weighted by Crippen LogP contribution is 2.16. The van der Waals surface area contributed by atoms with Gasteiger partial charge in [-0.25, -0.2) is 13.1 Å². The summed E-state index contributed by atoms with van der Waals surface area (Å²) in [5, 5.41) is 0. The fourth-order valence-corrected chi connectivity index (χ4v) is 3.34. The zero-order valence-corrected chi connectivity index (χ0v) is 15.1. The van der Waals surface area contributed by atoms with Crippen LogP contribution >= 0.6 is 15.9 Å². The van der Waals surface area contributed by atoms with E-state index in [1.54, 1.807) is 31.2 Å². The van der Waals surface area contributed by atoms with Crippen LogP contribution in [-0.2, 0) is 21.2 Å². The second kappa shape index (κ2) is 7.14. The summed E-state index contributed by atoms with van der Waals surface area (Å²) in [4.78, 5) is 23.1. The molecule has 0 unspecified atom stereocenters. The highest BCUT2D eigenvalue weighted by molar-refractivity contribution is 9.10. The second-order valence-electron chi connectivity index (χ2n) is 5.17. The van der Waals surface area contributed by atoms with Crippen LogP contribution in [0.15, 0.2) is 51.8 Å². The van der Waals surface area contributed by atoms with Crippen molar-refractivity contribution in [2.75, 3.05) is 0 Å². The maximum atomic E-state index is 12.3. The molecule has 24 heavy (non-hydrogen) atoms. The molecule has 0 fully saturated rings. The highest BCUT2D eigenvalue weighted by atomic mass is 79.9. The molecule has 0 heterocycles. The van der Waals surface area contributed by atoms with Gasteiger partial charge in [-0.05, 0) is 42.3 Å². The van der Waals surface area contributed by atoms with E-state index < -0.39 is 21.8 Å². The summed E-state index contributed by atoms with van der Waals surface area (Å²) >= 11 is 3.28. The van der Waals surface area contributed by atoms with Crippen molar-refractivity contribution in [1.29, 1.82) is 0 Å². The Kier molecular flexibility index (Phi) is 5.40. The Morgan fingerprint density at radius 2 is 1.75 bits per heavy atom. The Balaban J connectivity index is 2.18. The summed E-state index contributed by atoms with van der Waals surface area (Å²) in [6.45, 7) is 1.64. The van der Waals surface area contributed by atoms with Crippen LogP contribution in [0.1, 0.15) is 21.5 Å². The number of carbonyl (C=O) groups is 2. The number of benzene rings is 2. The van der Waals surface area contributed by atoms with Crippen molar-refractivity contribution in [2.24, 2.45) is 5.73 Å². The molecule has 3 N–H and O–H groups in total.